The van der Waals surface area contributed by atoms with Gasteiger partial charge < -0.3 is 14.6 Å². The second-order valence-electron chi connectivity index (χ2n) is 6.54. The highest BCUT2D eigenvalue weighted by atomic mass is 32.2. The van der Waals surface area contributed by atoms with Crippen LogP contribution in [0.1, 0.15) is 16.7 Å². The molecule has 0 aliphatic rings. The summed E-state index contributed by atoms with van der Waals surface area (Å²) >= 11 is 1.65. The summed E-state index contributed by atoms with van der Waals surface area (Å²) in [4.78, 5) is 11.8. The lowest BCUT2D eigenvalue weighted by atomic mass is 10.1. The molecule has 0 aromatic heterocycles. The van der Waals surface area contributed by atoms with Gasteiger partial charge in [-0.15, -0.1) is 11.8 Å². The van der Waals surface area contributed by atoms with Gasteiger partial charge in [-0.3, -0.25) is 0 Å². The van der Waals surface area contributed by atoms with E-state index in [-0.39, 0.29) is 12.4 Å². The molecule has 0 heterocycles. The number of hydrogen-bond donors (Lipinski definition) is 1. The average molecular weight is 412 g/mol. The third kappa shape index (κ3) is 5.74. The zero-order chi connectivity index (χ0) is 20.8. The van der Waals surface area contributed by atoms with Crippen molar-refractivity contribution in [2.45, 2.75) is 24.5 Å². The van der Waals surface area contributed by atoms with Crippen molar-refractivity contribution >= 4 is 17.7 Å². The molecule has 0 bridgehead atoms. The molecule has 0 spiro atoms. The highest BCUT2D eigenvalue weighted by Gasteiger charge is 2.10. The van der Waals surface area contributed by atoms with Crippen molar-refractivity contribution < 1.29 is 23.8 Å². The van der Waals surface area contributed by atoms with Crippen LogP contribution >= 0.6 is 11.8 Å². The number of aliphatic carboxylic acids is 1. The number of para-hydroxylation sites is 1. The smallest absolute Gasteiger partial charge is 0.341 e. The first-order valence-corrected chi connectivity index (χ1v) is 10.0. The predicted molar refractivity (Wildman–Crippen MR) is 112 cm³/mol. The quantitative estimate of drug-likeness (QED) is 0.461. The maximum atomic E-state index is 13.8. The molecule has 3 aromatic carbocycles. The van der Waals surface area contributed by atoms with E-state index in [9.17, 15) is 9.18 Å². The van der Waals surface area contributed by atoms with Crippen LogP contribution in [0.4, 0.5) is 4.39 Å². The SMILES string of the molecule is Cc1cc(SCc2cccc(Oc3ccccc3F)c2)cc(C)c1OCC(=O)O. The number of benzene rings is 3. The van der Waals surface area contributed by atoms with Crippen molar-refractivity contribution in [1.29, 1.82) is 0 Å². The number of rotatable bonds is 8. The molecule has 0 radical (unpaired) electrons. The van der Waals surface area contributed by atoms with Crippen LogP contribution in [0.15, 0.2) is 65.6 Å². The fourth-order valence-electron chi connectivity index (χ4n) is 2.88. The number of ether oxygens (including phenoxy) is 2. The lowest BCUT2D eigenvalue weighted by Crippen LogP contribution is -2.10. The number of carboxylic acids is 1. The number of aryl methyl sites for hydroxylation is 2. The Morgan fingerprint density at radius 3 is 2.45 bits per heavy atom. The minimum Gasteiger partial charge on any atom is -0.481 e. The van der Waals surface area contributed by atoms with Crippen LogP contribution in [-0.2, 0) is 10.5 Å². The second-order valence-corrected chi connectivity index (χ2v) is 7.59. The molecule has 0 saturated carbocycles. The summed E-state index contributed by atoms with van der Waals surface area (Å²) < 4.78 is 24.8. The first-order chi connectivity index (χ1) is 13.9. The van der Waals surface area contributed by atoms with Gasteiger partial charge in [-0.25, -0.2) is 9.18 Å². The topological polar surface area (TPSA) is 55.8 Å². The van der Waals surface area contributed by atoms with Crippen molar-refractivity contribution in [2.75, 3.05) is 6.61 Å². The Bertz CT molecular complexity index is 996. The zero-order valence-corrected chi connectivity index (χ0v) is 17.0. The molecule has 0 atom stereocenters. The van der Waals surface area contributed by atoms with E-state index in [0.717, 1.165) is 21.6 Å². The Morgan fingerprint density at radius 1 is 1.03 bits per heavy atom. The Hall–Kier alpha value is -2.99. The van der Waals surface area contributed by atoms with Gasteiger partial charge in [0.15, 0.2) is 18.2 Å². The summed E-state index contributed by atoms with van der Waals surface area (Å²) in [5.74, 6) is 0.696. The van der Waals surface area contributed by atoms with Gasteiger partial charge in [0.1, 0.15) is 11.5 Å². The van der Waals surface area contributed by atoms with Gasteiger partial charge in [0.05, 0.1) is 0 Å². The molecule has 4 nitrogen and oxygen atoms in total. The van der Waals surface area contributed by atoms with Crippen LogP contribution in [0.5, 0.6) is 17.2 Å². The van der Waals surface area contributed by atoms with Gasteiger partial charge in [0.2, 0.25) is 0 Å². The summed E-state index contributed by atoms with van der Waals surface area (Å²) in [6.07, 6.45) is 0. The first kappa shape index (κ1) is 20.7. The molecule has 29 heavy (non-hydrogen) atoms. The number of hydrogen-bond acceptors (Lipinski definition) is 4. The van der Waals surface area contributed by atoms with Crippen LogP contribution in [0, 0.1) is 19.7 Å². The molecule has 0 fully saturated rings. The first-order valence-electron chi connectivity index (χ1n) is 9.02. The second kappa shape index (κ2) is 9.47. The van der Waals surface area contributed by atoms with E-state index in [1.807, 2.05) is 44.2 Å². The van der Waals surface area contributed by atoms with E-state index < -0.39 is 11.8 Å². The van der Waals surface area contributed by atoms with E-state index >= 15 is 0 Å². The van der Waals surface area contributed by atoms with Crippen molar-refractivity contribution in [3.05, 3.63) is 83.2 Å². The van der Waals surface area contributed by atoms with Gasteiger partial charge in [-0.05, 0) is 66.9 Å². The van der Waals surface area contributed by atoms with E-state index in [0.29, 0.717) is 17.3 Å². The van der Waals surface area contributed by atoms with Crippen molar-refractivity contribution in [3.63, 3.8) is 0 Å². The number of carboxylic acid groups (broad SMARTS) is 1. The average Bonchev–Trinajstić information content (AvgIpc) is 2.68. The van der Waals surface area contributed by atoms with Gasteiger partial charge in [0.25, 0.3) is 0 Å². The summed E-state index contributed by atoms with van der Waals surface area (Å²) in [7, 11) is 0. The normalized spacial score (nSPS) is 10.6. The molecular formula is C23H21FO4S. The molecule has 0 aliphatic carbocycles. The summed E-state index contributed by atoms with van der Waals surface area (Å²) in [5.41, 5.74) is 2.83. The predicted octanol–water partition coefficient (Wildman–Crippen LogP) is 5.99. The third-order valence-electron chi connectivity index (χ3n) is 4.14. The third-order valence-corrected chi connectivity index (χ3v) is 5.19. The van der Waals surface area contributed by atoms with Gasteiger partial charge in [-0.2, -0.15) is 0 Å². The monoisotopic (exact) mass is 412 g/mol. The molecule has 0 unspecified atom stereocenters. The minimum atomic E-state index is -1.00. The van der Waals surface area contributed by atoms with E-state index in [1.54, 1.807) is 36.0 Å². The number of carbonyl (C=O) groups is 1. The van der Waals surface area contributed by atoms with Crippen molar-refractivity contribution in [2.24, 2.45) is 0 Å². The highest BCUT2D eigenvalue weighted by Crippen LogP contribution is 2.32. The fraction of sp³-hybridized carbons (Fsp3) is 0.174. The summed E-state index contributed by atoms with van der Waals surface area (Å²) in [6, 6.07) is 17.8. The van der Waals surface area contributed by atoms with E-state index in [4.69, 9.17) is 14.6 Å². The summed E-state index contributed by atoms with van der Waals surface area (Å²) in [5, 5.41) is 8.79. The molecule has 3 rings (SSSR count). The standard InChI is InChI=1S/C23H21FO4S/c1-15-10-19(11-16(2)23(15)27-13-22(25)26)29-14-17-6-5-7-18(12-17)28-21-9-4-3-8-20(21)24/h3-12H,13-14H2,1-2H3,(H,25,26). The molecule has 150 valence electrons. The van der Waals surface area contributed by atoms with E-state index in [1.165, 1.54) is 6.07 Å². The molecule has 6 heteroatoms. The van der Waals surface area contributed by atoms with Crippen LogP contribution < -0.4 is 9.47 Å². The Kier molecular flexibility index (Phi) is 6.77. The van der Waals surface area contributed by atoms with Gasteiger partial charge in [0, 0.05) is 10.6 Å². The number of halogens is 1. The zero-order valence-electron chi connectivity index (χ0n) is 16.1. The maximum Gasteiger partial charge on any atom is 0.341 e. The van der Waals surface area contributed by atoms with Crippen molar-refractivity contribution in [1.82, 2.24) is 0 Å². The molecule has 1 N–H and O–H groups in total. The lowest BCUT2D eigenvalue weighted by molar-refractivity contribution is -0.139. The van der Waals surface area contributed by atoms with Crippen LogP contribution in [0.3, 0.4) is 0 Å². The fourth-order valence-corrected chi connectivity index (χ4v) is 3.91. The van der Waals surface area contributed by atoms with Gasteiger partial charge in [-0.1, -0.05) is 24.3 Å². The van der Waals surface area contributed by atoms with Crippen LogP contribution in [0.25, 0.3) is 0 Å². The molecular weight excluding hydrogens is 391 g/mol. The van der Waals surface area contributed by atoms with Gasteiger partial charge >= 0.3 is 5.97 Å². The van der Waals surface area contributed by atoms with Crippen LogP contribution in [0.2, 0.25) is 0 Å². The Morgan fingerprint density at radius 2 is 1.76 bits per heavy atom. The lowest BCUT2D eigenvalue weighted by Gasteiger charge is -2.13. The molecule has 0 aliphatic heterocycles. The molecule has 0 saturated heterocycles. The van der Waals surface area contributed by atoms with Crippen molar-refractivity contribution in [3.8, 4) is 17.2 Å². The molecule has 0 amide bonds. The largest absolute Gasteiger partial charge is 0.481 e. The minimum absolute atomic E-state index is 0.195. The summed E-state index contributed by atoms with van der Waals surface area (Å²) in [6.45, 7) is 3.44. The Balaban J connectivity index is 1.67. The number of thioether (sulfide) groups is 1. The highest BCUT2D eigenvalue weighted by molar-refractivity contribution is 7.98. The van der Waals surface area contributed by atoms with Crippen LogP contribution in [-0.4, -0.2) is 17.7 Å². The van der Waals surface area contributed by atoms with E-state index in [2.05, 4.69) is 0 Å². The maximum absolute atomic E-state index is 13.8. The molecule has 3 aromatic rings. The Labute approximate surface area is 173 Å².